The number of esters is 1. The predicted molar refractivity (Wildman–Crippen MR) is 98.4 cm³/mol. The van der Waals surface area contributed by atoms with Crippen LogP contribution < -0.4 is 0 Å². The van der Waals surface area contributed by atoms with Gasteiger partial charge in [-0.1, -0.05) is 60.7 Å². The Morgan fingerprint density at radius 3 is 1.88 bits per heavy atom. The first-order chi connectivity index (χ1) is 12.2. The lowest BCUT2D eigenvalue weighted by molar-refractivity contribution is -0.153. The van der Waals surface area contributed by atoms with Crippen molar-refractivity contribution in [3.05, 3.63) is 71.8 Å². The van der Waals surface area contributed by atoms with Gasteiger partial charge in [0.1, 0.15) is 12.0 Å². The van der Waals surface area contributed by atoms with Crippen LogP contribution in [-0.2, 0) is 9.53 Å². The van der Waals surface area contributed by atoms with Crippen molar-refractivity contribution in [3.63, 3.8) is 0 Å². The maximum Gasteiger partial charge on any atom is 0.318 e. The van der Waals surface area contributed by atoms with Crippen LogP contribution in [0, 0.1) is 0 Å². The first-order valence-corrected chi connectivity index (χ1v) is 9.24. The number of hydrogen-bond acceptors (Lipinski definition) is 3. The van der Waals surface area contributed by atoms with E-state index in [1.807, 2.05) is 60.7 Å². The van der Waals surface area contributed by atoms with Gasteiger partial charge in [-0.05, 0) is 43.9 Å². The summed E-state index contributed by atoms with van der Waals surface area (Å²) in [6, 6.07) is 21.1. The smallest absolute Gasteiger partial charge is 0.318 e. The van der Waals surface area contributed by atoms with Gasteiger partial charge in [0.25, 0.3) is 0 Å². The van der Waals surface area contributed by atoms with Gasteiger partial charge in [-0.2, -0.15) is 0 Å². The van der Waals surface area contributed by atoms with Crippen molar-refractivity contribution in [2.45, 2.75) is 49.8 Å². The zero-order valence-electron chi connectivity index (χ0n) is 14.7. The first kappa shape index (κ1) is 16.3. The summed E-state index contributed by atoms with van der Waals surface area (Å²) in [6.45, 7) is 0. The molecule has 2 aromatic carbocycles. The van der Waals surface area contributed by atoms with Crippen molar-refractivity contribution in [1.29, 1.82) is 0 Å². The fourth-order valence-electron chi connectivity index (χ4n) is 4.45. The van der Waals surface area contributed by atoms with Gasteiger partial charge in [0.05, 0.1) is 0 Å². The number of ether oxygens (including phenoxy) is 1. The third kappa shape index (κ3) is 3.34. The van der Waals surface area contributed by atoms with E-state index in [1.165, 1.54) is 12.8 Å². The summed E-state index contributed by atoms with van der Waals surface area (Å²) in [7, 11) is 2.21. The molecular weight excluding hydrogens is 310 g/mol. The summed E-state index contributed by atoms with van der Waals surface area (Å²) in [5.74, 6) is -0.467. The third-order valence-corrected chi connectivity index (χ3v) is 5.84. The fourth-order valence-corrected chi connectivity index (χ4v) is 4.45. The van der Waals surface area contributed by atoms with Gasteiger partial charge in [0.2, 0.25) is 0 Å². The molecule has 0 aliphatic carbocycles. The molecule has 25 heavy (non-hydrogen) atoms. The molecule has 0 radical (unpaired) electrons. The molecule has 0 aromatic heterocycles. The van der Waals surface area contributed by atoms with Crippen molar-refractivity contribution >= 4 is 5.97 Å². The van der Waals surface area contributed by atoms with Crippen molar-refractivity contribution in [2.24, 2.45) is 0 Å². The van der Waals surface area contributed by atoms with E-state index in [-0.39, 0.29) is 18.0 Å². The van der Waals surface area contributed by atoms with Crippen LogP contribution in [0.1, 0.15) is 42.7 Å². The summed E-state index contributed by atoms with van der Waals surface area (Å²) < 4.78 is 6.03. The number of carbonyl (C=O) groups excluding carboxylic acids is 1. The lowest BCUT2D eigenvalue weighted by atomic mass is 9.91. The summed E-state index contributed by atoms with van der Waals surface area (Å²) >= 11 is 0. The topological polar surface area (TPSA) is 29.5 Å². The van der Waals surface area contributed by atoms with Crippen LogP contribution in [0.25, 0.3) is 0 Å². The number of benzene rings is 2. The summed E-state index contributed by atoms with van der Waals surface area (Å²) in [5.41, 5.74) is 1.99. The van der Waals surface area contributed by atoms with Gasteiger partial charge in [-0.3, -0.25) is 4.79 Å². The second-order valence-electron chi connectivity index (χ2n) is 7.34. The van der Waals surface area contributed by atoms with Crippen molar-refractivity contribution in [1.82, 2.24) is 4.90 Å². The number of nitrogens with zero attached hydrogens (tertiary/aromatic N) is 1. The number of hydrogen-bond donors (Lipinski definition) is 0. The molecule has 2 aliphatic heterocycles. The third-order valence-electron chi connectivity index (χ3n) is 5.84. The maximum atomic E-state index is 13.1. The van der Waals surface area contributed by atoms with E-state index in [9.17, 15) is 4.79 Å². The fraction of sp³-hybridized carbons (Fsp3) is 0.409. The summed E-state index contributed by atoms with van der Waals surface area (Å²) in [5, 5.41) is 0. The molecule has 2 saturated heterocycles. The van der Waals surface area contributed by atoms with Crippen LogP contribution in [0.4, 0.5) is 0 Å². The predicted octanol–water partition coefficient (Wildman–Crippen LogP) is 3.99. The minimum atomic E-state index is -0.347. The van der Waals surface area contributed by atoms with Gasteiger partial charge >= 0.3 is 5.97 Å². The Labute approximate surface area is 149 Å². The molecule has 0 saturated carbocycles. The lowest BCUT2D eigenvalue weighted by Crippen LogP contribution is -2.43. The molecule has 2 aromatic rings. The molecule has 2 heterocycles. The zero-order valence-corrected chi connectivity index (χ0v) is 14.7. The van der Waals surface area contributed by atoms with Crippen molar-refractivity contribution < 1.29 is 9.53 Å². The average Bonchev–Trinajstić information content (AvgIpc) is 2.84. The average molecular weight is 335 g/mol. The Bertz CT molecular complexity index is 662. The molecule has 2 bridgehead atoms. The molecule has 0 spiro atoms. The van der Waals surface area contributed by atoms with E-state index in [2.05, 4.69) is 11.9 Å². The van der Waals surface area contributed by atoms with Crippen LogP contribution in [0.2, 0.25) is 0 Å². The first-order valence-electron chi connectivity index (χ1n) is 9.24. The molecule has 0 N–H and O–H groups in total. The van der Waals surface area contributed by atoms with E-state index in [1.54, 1.807) is 0 Å². The highest BCUT2D eigenvalue weighted by Gasteiger charge is 2.40. The largest absolute Gasteiger partial charge is 0.462 e. The summed E-state index contributed by atoms with van der Waals surface area (Å²) in [6.07, 6.45) is 4.45. The van der Waals surface area contributed by atoms with E-state index < -0.39 is 0 Å². The maximum absolute atomic E-state index is 13.1. The number of carbonyl (C=O) groups is 1. The van der Waals surface area contributed by atoms with Crippen LogP contribution in [0.5, 0.6) is 0 Å². The summed E-state index contributed by atoms with van der Waals surface area (Å²) in [4.78, 5) is 15.6. The standard InChI is InChI=1S/C22H25NO2/c1-23-18-12-13-19(23)15-20(14-18)25-22(24)21(16-8-4-2-5-9-16)17-10-6-3-7-11-17/h2-11,18-21H,12-15H2,1H3. The molecule has 130 valence electrons. The molecular formula is C22H25NO2. The zero-order chi connectivity index (χ0) is 17.2. The van der Waals surface area contributed by atoms with Gasteiger partial charge in [-0.25, -0.2) is 0 Å². The monoisotopic (exact) mass is 335 g/mol. The Balaban J connectivity index is 1.55. The Hall–Kier alpha value is -2.13. The molecule has 0 amide bonds. The van der Waals surface area contributed by atoms with Gasteiger partial charge in [0, 0.05) is 12.1 Å². The highest BCUT2D eigenvalue weighted by molar-refractivity contribution is 5.82. The second-order valence-corrected chi connectivity index (χ2v) is 7.34. The quantitative estimate of drug-likeness (QED) is 0.791. The highest BCUT2D eigenvalue weighted by atomic mass is 16.5. The minimum absolute atomic E-state index is 0.0520. The van der Waals surface area contributed by atoms with Crippen LogP contribution in [0.15, 0.2) is 60.7 Å². The van der Waals surface area contributed by atoms with E-state index in [0.29, 0.717) is 12.1 Å². The Morgan fingerprint density at radius 1 is 0.920 bits per heavy atom. The Kier molecular flexibility index (Phi) is 4.58. The number of rotatable bonds is 4. The van der Waals surface area contributed by atoms with E-state index in [0.717, 1.165) is 24.0 Å². The van der Waals surface area contributed by atoms with Crippen LogP contribution >= 0.6 is 0 Å². The van der Waals surface area contributed by atoms with E-state index >= 15 is 0 Å². The molecule has 2 fully saturated rings. The van der Waals surface area contributed by atoms with Gasteiger partial charge in [0.15, 0.2) is 0 Å². The Morgan fingerprint density at radius 2 is 1.40 bits per heavy atom. The molecule has 2 atom stereocenters. The molecule has 3 nitrogen and oxygen atoms in total. The number of fused-ring (bicyclic) bond motifs is 2. The lowest BCUT2D eigenvalue weighted by Gasteiger charge is -2.36. The van der Waals surface area contributed by atoms with E-state index in [4.69, 9.17) is 4.74 Å². The van der Waals surface area contributed by atoms with Gasteiger partial charge < -0.3 is 9.64 Å². The van der Waals surface area contributed by atoms with Crippen LogP contribution in [-0.4, -0.2) is 36.1 Å². The van der Waals surface area contributed by atoms with Crippen molar-refractivity contribution in [3.8, 4) is 0 Å². The van der Waals surface area contributed by atoms with Crippen molar-refractivity contribution in [2.75, 3.05) is 7.05 Å². The molecule has 2 unspecified atom stereocenters. The normalized spacial score (nSPS) is 25.9. The highest BCUT2D eigenvalue weighted by Crippen LogP contribution is 2.36. The molecule has 4 rings (SSSR count). The molecule has 3 heteroatoms. The molecule has 2 aliphatic rings. The SMILES string of the molecule is CN1C2CCC1CC(OC(=O)C(c1ccccc1)c1ccccc1)C2. The van der Waals surface area contributed by atoms with Gasteiger partial charge in [-0.15, -0.1) is 0 Å². The van der Waals surface area contributed by atoms with Crippen LogP contribution in [0.3, 0.4) is 0 Å². The number of piperidine rings is 1. The second kappa shape index (κ2) is 7.01. The minimum Gasteiger partial charge on any atom is -0.462 e.